The molecule has 0 radical (unpaired) electrons. The van der Waals surface area contributed by atoms with E-state index in [9.17, 15) is 8.42 Å². The van der Waals surface area contributed by atoms with Gasteiger partial charge in [-0.2, -0.15) is 0 Å². The summed E-state index contributed by atoms with van der Waals surface area (Å²) >= 11 is 0. The smallest absolute Gasteiger partial charge is 0.242 e. The lowest BCUT2D eigenvalue weighted by Gasteiger charge is -2.58. The van der Waals surface area contributed by atoms with E-state index in [4.69, 9.17) is 4.98 Å². The molecule has 2 aromatic heterocycles. The number of aromatic nitrogens is 3. The van der Waals surface area contributed by atoms with Crippen LogP contribution in [0.3, 0.4) is 0 Å². The number of sulfonamides is 1. The fourth-order valence-corrected chi connectivity index (χ4v) is 9.86. The molecule has 0 saturated heterocycles. The molecule has 0 bridgehead atoms. The average molecular weight is 529 g/mol. The Balaban J connectivity index is 1.12. The molecule has 2 heterocycles. The van der Waals surface area contributed by atoms with Gasteiger partial charge in [-0.25, -0.2) is 18.1 Å². The second kappa shape index (κ2) is 8.62. The molecule has 1 N–H and O–H groups in total. The number of pyridine rings is 1. The molecule has 0 spiro atoms. The maximum absolute atomic E-state index is 13.0. The van der Waals surface area contributed by atoms with Crippen molar-refractivity contribution in [1.82, 2.24) is 19.3 Å². The molecule has 2 saturated carbocycles. The molecule has 4 aliphatic rings. The van der Waals surface area contributed by atoms with Crippen LogP contribution in [0.2, 0.25) is 0 Å². The van der Waals surface area contributed by atoms with Crippen molar-refractivity contribution < 1.29 is 8.42 Å². The van der Waals surface area contributed by atoms with E-state index in [2.05, 4.69) is 64.5 Å². The van der Waals surface area contributed by atoms with Gasteiger partial charge in [0, 0.05) is 29.5 Å². The van der Waals surface area contributed by atoms with Crippen LogP contribution in [0, 0.1) is 28.6 Å². The van der Waals surface area contributed by atoms with Crippen LogP contribution in [0.5, 0.6) is 0 Å². The number of nitrogens with zero attached hydrogens (tertiary/aromatic N) is 3. The average Bonchev–Trinajstić information content (AvgIpc) is 3.49. The first-order valence-corrected chi connectivity index (χ1v) is 15.5. The number of hydrogen-bond donors (Lipinski definition) is 1. The van der Waals surface area contributed by atoms with Crippen molar-refractivity contribution in [1.29, 1.82) is 0 Å². The summed E-state index contributed by atoms with van der Waals surface area (Å²) in [5, 5.41) is 0. The zero-order valence-corrected chi connectivity index (χ0v) is 23.0. The van der Waals surface area contributed by atoms with Crippen molar-refractivity contribution in [3.8, 4) is 0 Å². The molecular weight excluding hydrogens is 492 g/mol. The minimum Gasteiger partial charge on any atom is -0.302 e. The highest BCUT2D eigenvalue weighted by Crippen LogP contribution is 2.65. The van der Waals surface area contributed by atoms with E-state index < -0.39 is 10.0 Å². The van der Waals surface area contributed by atoms with Gasteiger partial charge in [-0.1, -0.05) is 43.7 Å². The largest absolute Gasteiger partial charge is 0.302 e. The number of para-hydroxylation sites is 2. The molecule has 2 fully saturated rings. The number of rotatable bonds is 4. The first kappa shape index (κ1) is 24.3. The van der Waals surface area contributed by atoms with Crippen molar-refractivity contribution in [3.05, 3.63) is 72.8 Å². The summed E-state index contributed by atoms with van der Waals surface area (Å²) in [4.78, 5) is 8.93. The second-order valence-corrected chi connectivity index (χ2v) is 14.1. The minimum absolute atomic E-state index is 0.0563. The molecule has 0 amide bonds. The predicted molar refractivity (Wildman–Crippen MR) is 149 cm³/mol. The molecule has 7 heteroatoms. The Bertz CT molecular complexity index is 1560. The van der Waals surface area contributed by atoms with Crippen LogP contribution in [0.25, 0.3) is 16.7 Å². The summed E-state index contributed by atoms with van der Waals surface area (Å²) in [5.74, 6) is 1.95. The molecule has 6 nitrogen and oxygen atoms in total. The normalized spacial score (nSPS) is 34.7. The van der Waals surface area contributed by atoms with Crippen molar-refractivity contribution in [2.24, 2.45) is 28.6 Å². The SMILES string of the molecule is C[C@]12CC[C@H](NS(=O)(=O)c3cccnc3)CC1=CCC1C2CC[C@]2(C)C(n3cnc4ccccc43)=CCC12. The summed E-state index contributed by atoms with van der Waals surface area (Å²) in [6.45, 7) is 4.96. The van der Waals surface area contributed by atoms with E-state index in [1.54, 1.807) is 18.3 Å². The monoisotopic (exact) mass is 528 g/mol. The predicted octanol–water partition coefficient (Wildman–Crippen LogP) is 6.19. The molecule has 1 aromatic carbocycles. The quantitative estimate of drug-likeness (QED) is 0.410. The molecule has 3 unspecified atom stereocenters. The Morgan fingerprint density at radius 3 is 2.66 bits per heavy atom. The minimum atomic E-state index is -3.56. The fourth-order valence-electron chi connectivity index (χ4n) is 8.62. The van der Waals surface area contributed by atoms with Crippen LogP contribution in [-0.2, 0) is 10.0 Å². The zero-order valence-electron chi connectivity index (χ0n) is 22.2. The number of fused-ring (bicyclic) bond motifs is 6. The van der Waals surface area contributed by atoms with E-state index in [0.717, 1.165) is 37.6 Å². The van der Waals surface area contributed by atoms with E-state index >= 15 is 0 Å². The van der Waals surface area contributed by atoms with Crippen LogP contribution in [0.15, 0.2) is 77.7 Å². The van der Waals surface area contributed by atoms with Crippen LogP contribution in [0.4, 0.5) is 0 Å². The van der Waals surface area contributed by atoms with Crippen molar-refractivity contribution in [2.45, 2.75) is 69.7 Å². The number of benzene rings is 1. The number of nitrogens with one attached hydrogen (secondary N) is 1. The highest BCUT2D eigenvalue weighted by atomic mass is 32.2. The highest BCUT2D eigenvalue weighted by Gasteiger charge is 2.57. The summed E-state index contributed by atoms with van der Waals surface area (Å²) < 4.78 is 31.2. The Morgan fingerprint density at radius 2 is 1.82 bits per heavy atom. The van der Waals surface area contributed by atoms with Crippen molar-refractivity contribution in [2.75, 3.05) is 0 Å². The van der Waals surface area contributed by atoms with Crippen LogP contribution < -0.4 is 4.72 Å². The van der Waals surface area contributed by atoms with Gasteiger partial charge in [0.15, 0.2) is 0 Å². The van der Waals surface area contributed by atoms with Gasteiger partial charge >= 0.3 is 0 Å². The number of hydrogen-bond acceptors (Lipinski definition) is 4. The molecule has 0 aliphatic heterocycles. The molecule has 198 valence electrons. The molecule has 7 rings (SSSR count). The van der Waals surface area contributed by atoms with Crippen LogP contribution in [-0.4, -0.2) is 29.0 Å². The molecule has 4 aliphatic carbocycles. The third-order valence-corrected chi connectivity index (χ3v) is 12.1. The van der Waals surface area contributed by atoms with Crippen LogP contribution >= 0.6 is 0 Å². The lowest BCUT2D eigenvalue weighted by atomic mass is 9.47. The van der Waals surface area contributed by atoms with Gasteiger partial charge in [-0.05, 0) is 92.4 Å². The Labute approximate surface area is 225 Å². The number of allylic oxidation sites excluding steroid dienone is 3. The molecule has 6 atom stereocenters. The van der Waals surface area contributed by atoms with Gasteiger partial charge in [0.2, 0.25) is 10.0 Å². The van der Waals surface area contributed by atoms with Gasteiger partial charge in [0.05, 0.1) is 11.0 Å². The van der Waals surface area contributed by atoms with Gasteiger partial charge in [-0.15, -0.1) is 0 Å². The van der Waals surface area contributed by atoms with Gasteiger partial charge in [0.25, 0.3) is 0 Å². The third-order valence-electron chi connectivity index (χ3n) is 10.6. The van der Waals surface area contributed by atoms with E-state index in [1.165, 1.54) is 35.8 Å². The Morgan fingerprint density at radius 1 is 0.974 bits per heavy atom. The second-order valence-electron chi connectivity index (χ2n) is 12.4. The van der Waals surface area contributed by atoms with E-state index in [-0.39, 0.29) is 21.8 Å². The third kappa shape index (κ3) is 3.58. The summed E-state index contributed by atoms with van der Waals surface area (Å²) in [7, 11) is -3.56. The topological polar surface area (TPSA) is 76.9 Å². The Kier molecular flexibility index (Phi) is 5.51. The Hall–Kier alpha value is -2.77. The summed E-state index contributed by atoms with van der Waals surface area (Å²) in [6.07, 6.45) is 17.4. The number of imidazole rings is 1. The highest BCUT2D eigenvalue weighted by molar-refractivity contribution is 7.89. The van der Waals surface area contributed by atoms with Crippen molar-refractivity contribution in [3.63, 3.8) is 0 Å². The van der Waals surface area contributed by atoms with Gasteiger partial charge < -0.3 is 4.57 Å². The molecule has 38 heavy (non-hydrogen) atoms. The fraction of sp³-hybridized carbons (Fsp3) is 0.484. The molecular formula is C31H36N4O2S. The maximum atomic E-state index is 13.0. The lowest BCUT2D eigenvalue weighted by molar-refractivity contribution is -0.0131. The van der Waals surface area contributed by atoms with E-state index in [1.807, 2.05) is 6.33 Å². The summed E-state index contributed by atoms with van der Waals surface area (Å²) in [5.41, 5.74) is 5.48. The first-order valence-electron chi connectivity index (χ1n) is 14.0. The van der Waals surface area contributed by atoms with Gasteiger partial charge in [0.1, 0.15) is 11.2 Å². The van der Waals surface area contributed by atoms with Crippen LogP contribution in [0.1, 0.15) is 58.8 Å². The molecule has 3 aromatic rings. The standard InChI is InChI=1S/C31H36N4O2S/c1-30-15-13-22(34-38(36,37)23-6-5-17-32-19-23)18-21(30)9-10-24-25-11-12-29(31(25,2)16-14-26(24)30)35-20-33-27-7-3-4-8-28(27)35/h3-9,12,17,19-20,22,24-26,34H,10-11,13-16,18H2,1-2H3/t22-,24?,25?,26?,30-,31-/m0/s1. The maximum Gasteiger partial charge on any atom is 0.242 e. The first-order chi connectivity index (χ1) is 18.3. The van der Waals surface area contributed by atoms with Gasteiger partial charge in [-0.3, -0.25) is 4.98 Å². The van der Waals surface area contributed by atoms with E-state index in [0.29, 0.717) is 17.8 Å². The lowest BCUT2D eigenvalue weighted by Crippen LogP contribution is -2.51. The zero-order chi connectivity index (χ0) is 26.1. The summed E-state index contributed by atoms with van der Waals surface area (Å²) in [6, 6.07) is 11.7. The van der Waals surface area contributed by atoms with Crippen molar-refractivity contribution >= 4 is 26.8 Å².